The molecule has 1 aromatic rings. The number of aromatic nitrogens is 1. The van der Waals surface area contributed by atoms with Crippen LogP contribution < -0.4 is 5.32 Å². The highest BCUT2D eigenvalue weighted by Crippen LogP contribution is 2.14. The first-order chi connectivity index (χ1) is 7.24. The average molecular weight is 209 g/mol. The van der Waals surface area contributed by atoms with E-state index < -0.39 is 5.95 Å². The van der Waals surface area contributed by atoms with Crippen molar-refractivity contribution < 1.29 is 4.39 Å². The fraction of sp³-hybridized carbons (Fsp3) is 0.545. The number of pyridine rings is 1. The van der Waals surface area contributed by atoms with E-state index in [9.17, 15) is 4.39 Å². The van der Waals surface area contributed by atoms with Crippen molar-refractivity contribution in [3.8, 4) is 0 Å². The van der Waals surface area contributed by atoms with Gasteiger partial charge in [-0.05, 0) is 45.1 Å². The summed E-state index contributed by atoms with van der Waals surface area (Å²) < 4.78 is 12.8. The molecule has 0 aliphatic carbocycles. The van der Waals surface area contributed by atoms with Crippen molar-refractivity contribution in [2.45, 2.75) is 18.9 Å². The number of rotatable bonds is 2. The van der Waals surface area contributed by atoms with Gasteiger partial charge < -0.3 is 10.2 Å². The molecule has 0 spiro atoms. The third-order valence-corrected chi connectivity index (χ3v) is 2.79. The van der Waals surface area contributed by atoms with Gasteiger partial charge in [0.1, 0.15) is 5.82 Å². The molecule has 0 saturated carbocycles. The first-order valence-corrected chi connectivity index (χ1v) is 5.32. The van der Waals surface area contributed by atoms with E-state index in [2.05, 4.69) is 22.2 Å². The molecular weight excluding hydrogens is 193 g/mol. The second kappa shape index (κ2) is 4.57. The Balaban J connectivity index is 1.92. The van der Waals surface area contributed by atoms with Crippen LogP contribution in [0, 0.1) is 5.95 Å². The van der Waals surface area contributed by atoms with Crippen molar-refractivity contribution in [1.82, 2.24) is 9.88 Å². The van der Waals surface area contributed by atoms with Crippen LogP contribution >= 0.6 is 0 Å². The van der Waals surface area contributed by atoms with Gasteiger partial charge in [0.15, 0.2) is 0 Å². The number of halogens is 1. The maximum absolute atomic E-state index is 12.8. The van der Waals surface area contributed by atoms with Gasteiger partial charge >= 0.3 is 0 Å². The van der Waals surface area contributed by atoms with Gasteiger partial charge in [-0.15, -0.1) is 0 Å². The molecule has 4 heteroatoms. The molecule has 1 aliphatic rings. The van der Waals surface area contributed by atoms with Crippen molar-refractivity contribution in [2.75, 3.05) is 25.5 Å². The highest BCUT2D eigenvalue weighted by molar-refractivity contribution is 5.34. The van der Waals surface area contributed by atoms with E-state index in [-0.39, 0.29) is 0 Å². The largest absolute Gasteiger partial charge is 0.367 e. The molecule has 0 radical (unpaired) electrons. The molecule has 1 aromatic heterocycles. The van der Waals surface area contributed by atoms with E-state index in [1.165, 1.54) is 6.07 Å². The molecule has 0 amide bonds. The lowest BCUT2D eigenvalue weighted by molar-refractivity contribution is 0.263. The fourth-order valence-corrected chi connectivity index (χ4v) is 1.85. The molecule has 2 heterocycles. The molecule has 2 rings (SSSR count). The Labute approximate surface area is 89.3 Å². The van der Waals surface area contributed by atoms with Gasteiger partial charge in [-0.1, -0.05) is 6.07 Å². The van der Waals surface area contributed by atoms with E-state index in [0.29, 0.717) is 11.9 Å². The predicted octanol–water partition coefficient (Wildman–Crippen LogP) is 1.73. The monoisotopic (exact) mass is 209 g/mol. The summed E-state index contributed by atoms with van der Waals surface area (Å²) in [7, 11) is 2.12. The first kappa shape index (κ1) is 10.4. The van der Waals surface area contributed by atoms with Crippen LogP contribution in [0.15, 0.2) is 18.2 Å². The SMILES string of the molecule is CN1CCC(Nc2cccc(F)n2)CC1. The van der Waals surface area contributed by atoms with Crippen LogP contribution in [0.2, 0.25) is 0 Å². The minimum Gasteiger partial charge on any atom is -0.367 e. The highest BCUT2D eigenvalue weighted by Gasteiger charge is 2.16. The minimum absolute atomic E-state index is 0.423. The molecule has 0 bridgehead atoms. The second-order valence-corrected chi connectivity index (χ2v) is 4.07. The van der Waals surface area contributed by atoms with Gasteiger partial charge in [0.25, 0.3) is 0 Å². The Bertz CT molecular complexity index is 321. The van der Waals surface area contributed by atoms with Gasteiger partial charge in [0.05, 0.1) is 0 Å². The Morgan fingerprint density at radius 2 is 2.13 bits per heavy atom. The molecule has 1 fully saturated rings. The van der Waals surface area contributed by atoms with E-state index >= 15 is 0 Å². The molecule has 0 aromatic carbocycles. The number of hydrogen-bond donors (Lipinski definition) is 1. The summed E-state index contributed by atoms with van der Waals surface area (Å²) in [5.74, 6) is 0.220. The average Bonchev–Trinajstić information content (AvgIpc) is 2.22. The predicted molar refractivity (Wildman–Crippen MR) is 58.3 cm³/mol. The number of nitrogens with zero attached hydrogens (tertiary/aromatic N) is 2. The third kappa shape index (κ3) is 2.89. The highest BCUT2D eigenvalue weighted by atomic mass is 19.1. The summed E-state index contributed by atoms with van der Waals surface area (Å²) in [6.45, 7) is 2.18. The third-order valence-electron chi connectivity index (χ3n) is 2.79. The second-order valence-electron chi connectivity index (χ2n) is 4.07. The number of hydrogen-bond acceptors (Lipinski definition) is 3. The quantitative estimate of drug-likeness (QED) is 0.752. The van der Waals surface area contributed by atoms with Crippen LogP contribution in [0.25, 0.3) is 0 Å². The molecule has 82 valence electrons. The molecule has 1 aliphatic heterocycles. The maximum Gasteiger partial charge on any atom is 0.214 e. The van der Waals surface area contributed by atoms with Crippen LogP contribution in [0.4, 0.5) is 10.2 Å². The lowest BCUT2D eigenvalue weighted by Gasteiger charge is -2.29. The Hall–Kier alpha value is -1.16. The van der Waals surface area contributed by atoms with Crippen LogP contribution in [-0.4, -0.2) is 36.1 Å². The molecule has 0 atom stereocenters. The standard InChI is InChI=1S/C11H16FN3/c1-15-7-5-9(6-8-15)13-11-4-2-3-10(12)14-11/h2-4,9H,5-8H2,1H3,(H,13,14). The smallest absolute Gasteiger partial charge is 0.214 e. The lowest BCUT2D eigenvalue weighted by atomic mass is 10.1. The molecule has 1 N–H and O–H groups in total. The van der Waals surface area contributed by atoms with Gasteiger partial charge in [-0.3, -0.25) is 0 Å². The van der Waals surface area contributed by atoms with Crippen LogP contribution in [-0.2, 0) is 0 Å². The van der Waals surface area contributed by atoms with Gasteiger partial charge in [-0.25, -0.2) is 4.98 Å². The van der Waals surface area contributed by atoms with Crippen molar-refractivity contribution in [3.05, 3.63) is 24.1 Å². The van der Waals surface area contributed by atoms with Crippen molar-refractivity contribution in [1.29, 1.82) is 0 Å². The Kier molecular flexibility index (Phi) is 3.16. The summed E-state index contributed by atoms with van der Waals surface area (Å²) in [6, 6.07) is 5.27. The molecular formula is C11H16FN3. The van der Waals surface area contributed by atoms with Crippen molar-refractivity contribution >= 4 is 5.82 Å². The zero-order valence-electron chi connectivity index (χ0n) is 8.91. The van der Waals surface area contributed by atoms with Gasteiger partial charge in [0, 0.05) is 6.04 Å². The number of nitrogens with one attached hydrogen (secondary N) is 1. The summed E-state index contributed by atoms with van der Waals surface area (Å²) in [5, 5.41) is 3.26. The maximum atomic E-state index is 12.8. The number of anilines is 1. The van der Waals surface area contributed by atoms with E-state index in [1.807, 2.05) is 0 Å². The van der Waals surface area contributed by atoms with E-state index in [4.69, 9.17) is 0 Å². The lowest BCUT2D eigenvalue weighted by Crippen LogP contribution is -2.36. The molecule has 15 heavy (non-hydrogen) atoms. The van der Waals surface area contributed by atoms with E-state index in [1.54, 1.807) is 12.1 Å². The minimum atomic E-state index is -0.423. The van der Waals surface area contributed by atoms with E-state index in [0.717, 1.165) is 25.9 Å². The van der Waals surface area contributed by atoms with Gasteiger partial charge in [-0.2, -0.15) is 4.39 Å². The van der Waals surface area contributed by atoms with Crippen LogP contribution in [0.1, 0.15) is 12.8 Å². The fourth-order valence-electron chi connectivity index (χ4n) is 1.85. The van der Waals surface area contributed by atoms with Crippen molar-refractivity contribution in [2.24, 2.45) is 0 Å². The first-order valence-electron chi connectivity index (χ1n) is 5.32. The zero-order chi connectivity index (χ0) is 10.7. The van der Waals surface area contributed by atoms with Crippen molar-refractivity contribution in [3.63, 3.8) is 0 Å². The summed E-state index contributed by atoms with van der Waals surface area (Å²) >= 11 is 0. The number of likely N-dealkylation sites (tertiary alicyclic amines) is 1. The summed E-state index contributed by atoms with van der Waals surface area (Å²) in [6.07, 6.45) is 2.18. The zero-order valence-corrected chi connectivity index (χ0v) is 8.91. The Morgan fingerprint density at radius 1 is 1.40 bits per heavy atom. The Morgan fingerprint density at radius 3 is 2.80 bits per heavy atom. The molecule has 1 saturated heterocycles. The molecule has 0 unspecified atom stereocenters. The molecule has 3 nitrogen and oxygen atoms in total. The summed E-state index contributed by atoms with van der Waals surface area (Å²) in [4.78, 5) is 6.10. The normalized spacial score (nSPS) is 19.1. The topological polar surface area (TPSA) is 28.2 Å². The van der Waals surface area contributed by atoms with Crippen LogP contribution in [0.3, 0.4) is 0 Å². The summed E-state index contributed by atoms with van der Waals surface area (Å²) in [5.41, 5.74) is 0. The van der Waals surface area contributed by atoms with Gasteiger partial charge in [0.2, 0.25) is 5.95 Å². The number of piperidine rings is 1. The van der Waals surface area contributed by atoms with Crippen LogP contribution in [0.5, 0.6) is 0 Å².